The molecule has 0 aliphatic heterocycles. The summed E-state index contributed by atoms with van der Waals surface area (Å²) in [4.78, 5) is 12.4. The molecule has 0 radical (unpaired) electrons. The summed E-state index contributed by atoms with van der Waals surface area (Å²) in [5.74, 6) is 0.189. The van der Waals surface area contributed by atoms with E-state index in [2.05, 4.69) is 24.3 Å². The normalized spacial score (nSPS) is 17.4. The molecule has 21 heavy (non-hydrogen) atoms. The molecule has 0 aromatic heterocycles. The summed E-state index contributed by atoms with van der Waals surface area (Å²) in [6.45, 7) is 0.341. The van der Waals surface area contributed by atoms with Gasteiger partial charge in [0.2, 0.25) is 0 Å². The first kappa shape index (κ1) is 14.1. The highest BCUT2D eigenvalue weighted by atomic mass is 16.5. The maximum atomic E-state index is 12.4. The summed E-state index contributed by atoms with van der Waals surface area (Å²) in [6.07, 6.45) is 2.79. The Morgan fingerprint density at radius 1 is 1.24 bits per heavy atom. The first-order chi connectivity index (χ1) is 10.2. The van der Waals surface area contributed by atoms with Gasteiger partial charge in [0.05, 0.1) is 12.5 Å². The maximum Gasteiger partial charge on any atom is 0.313 e. The number of methoxy groups -OCH3 is 1. The zero-order chi connectivity index (χ0) is 14.9. The lowest BCUT2D eigenvalue weighted by Crippen LogP contribution is -2.43. The predicted molar refractivity (Wildman–Crippen MR) is 83.9 cm³/mol. The lowest BCUT2D eigenvalue weighted by molar-refractivity contribution is -0.153. The molecule has 0 spiro atoms. The zero-order valence-electron chi connectivity index (χ0n) is 12.3. The monoisotopic (exact) mass is 283 g/mol. The second-order valence-electron chi connectivity index (χ2n) is 5.94. The van der Waals surface area contributed by atoms with Gasteiger partial charge in [0.1, 0.15) is 0 Å². The van der Waals surface area contributed by atoms with Crippen molar-refractivity contribution in [3.8, 4) is 0 Å². The summed E-state index contributed by atoms with van der Waals surface area (Å²) in [6, 6.07) is 14.5. The van der Waals surface area contributed by atoms with E-state index in [-0.39, 0.29) is 5.97 Å². The van der Waals surface area contributed by atoms with Crippen LogP contribution in [-0.4, -0.2) is 19.6 Å². The van der Waals surface area contributed by atoms with Gasteiger partial charge in [0, 0.05) is 6.54 Å². The molecule has 3 rings (SSSR count). The Morgan fingerprint density at radius 2 is 1.95 bits per heavy atom. The van der Waals surface area contributed by atoms with Gasteiger partial charge >= 0.3 is 5.97 Å². The quantitative estimate of drug-likeness (QED) is 0.858. The molecule has 3 heteroatoms. The number of ether oxygens (including phenoxy) is 1. The third kappa shape index (κ3) is 2.42. The Balaban J connectivity index is 2.04. The largest absolute Gasteiger partial charge is 0.469 e. The molecule has 3 nitrogen and oxygen atoms in total. The third-order valence-corrected chi connectivity index (χ3v) is 4.70. The van der Waals surface area contributed by atoms with Crippen molar-refractivity contribution in [1.29, 1.82) is 0 Å². The van der Waals surface area contributed by atoms with Crippen LogP contribution in [0, 0.1) is 11.3 Å². The molecule has 1 aliphatic carbocycles. The minimum absolute atomic E-state index is 0.166. The van der Waals surface area contributed by atoms with Crippen molar-refractivity contribution in [1.82, 2.24) is 0 Å². The summed E-state index contributed by atoms with van der Waals surface area (Å²) in [5.41, 5.74) is 6.62. The number of esters is 1. The van der Waals surface area contributed by atoms with Crippen LogP contribution in [0.1, 0.15) is 18.4 Å². The van der Waals surface area contributed by atoms with Crippen LogP contribution in [0.5, 0.6) is 0 Å². The van der Waals surface area contributed by atoms with E-state index < -0.39 is 5.41 Å². The van der Waals surface area contributed by atoms with Gasteiger partial charge in [-0.05, 0) is 41.5 Å². The van der Waals surface area contributed by atoms with Gasteiger partial charge in [0.25, 0.3) is 0 Å². The summed E-state index contributed by atoms with van der Waals surface area (Å²) < 4.78 is 5.07. The number of rotatable bonds is 5. The van der Waals surface area contributed by atoms with Gasteiger partial charge in [-0.15, -0.1) is 0 Å². The van der Waals surface area contributed by atoms with E-state index in [1.165, 1.54) is 23.4 Å². The number of fused-ring (bicyclic) bond motifs is 1. The number of hydrogen-bond donors (Lipinski definition) is 1. The Kier molecular flexibility index (Phi) is 3.68. The van der Waals surface area contributed by atoms with Crippen molar-refractivity contribution in [3.05, 3.63) is 48.0 Å². The van der Waals surface area contributed by atoms with Crippen LogP contribution in [0.25, 0.3) is 10.8 Å². The van der Waals surface area contributed by atoms with E-state index in [0.717, 1.165) is 12.8 Å². The lowest BCUT2D eigenvalue weighted by Gasteiger charge is -2.30. The Bertz CT molecular complexity index is 658. The van der Waals surface area contributed by atoms with Crippen LogP contribution in [0.3, 0.4) is 0 Å². The summed E-state index contributed by atoms with van der Waals surface area (Å²) in [7, 11) is 1.46. The van der Waals surface area contributed by atoms with E-state index in [1.54, 1.807) is 0 Å². The highest BCUT2D eigenvalue weighted by Crippen LogP contribution is 2.48. The number of carbonyl (C=O) groups is 1. The standard InChI is InChI=1S/C18H21NO2/c1-21-17(20)18(12-19,15-9-10-15)11-14-7-4-6-13-5-2-3-8-16(13)14/h2-8,15H,9-12,19H2,1H3. The van der Waals surface area contributed by atoms with Gasteiger partial charge in [-0.3, -0.25) is 4.79 Å². The zero-order valence-corrected chi connectivity index (χ0v) is 12.3. The first-order valence-electron chi connectivity index (χ1n) is 7.46. The number of hydrogen-bond acceptors (Lipinski definition) is 3. The number of nitrogens with two attached hydrogens (primary N) is 1. The van der Waals surface area contributed by atoms with Crippen LogP contribution in [0.15, 0.2) is 42.5 Å². The predicted octanol–water partition coefficient (Wildman–Crippen LogP) is 2.91. The van der Waals surface area contributed by atoms with Crippen LogP contribution < -0.4 is 5.73 Å². The molecule has 1 atom stereocenters. The van der Waals surface area contributed by atoms with E-state index in [1.807, 2.05) is 18.2 Å². The van der Waals surface area contributed by atoms with Crippen LogP contribution in [-0.2, 0) is 16.0 Å². The van der Waals surface area contributed by atoms with E-state index in [9.17, 15) is 4.79 Å². The fourth-order valence-corrected chi connectivity index (χ4v) is 3.33. The van der Waals surface area contributed by atoms with Crippen molar-refractivity contribution in [2.75, 3.05) is 13.7 Å². The van der Waals surface area contributed by atoms with E-state index >= 15 is 0 Å². The van der Waals surface area contributed by atoms with Crippen molar-refractivity contribution in [2.45, 2.75) is 19.3 Å². The van der Waals surface area contributed by atoms with Gasteiger partial charge in [-0.2, -0.15) is 0 Å². The highest BCUT2D eigenvalue weighted by Gasteiger charge is 2.50. The minimum Gasteiger partial charge on any atom is -0.469 e. The molecule has 2 N–H and O–H groups in total. The maximum absolute atomic E-state index is 12.4. The molecule has 2 aromatic carbocycles. The van der Waals surface area contributed by atoms with Gasteiger partial charge in [0.15, 0.2) is 0 Å². The molecule has 1 fully saturated rings. The van der Waals surface area contributed by atoms with Gasteiger partial charge in [-0.25, -0.2) is 0 Å². The Labute approximate surface area is 125 Å². The number of carbonyl (C=O) groups excluding carboxylic acids is 1. The molecule has 1 saturated carbocycles. The van der Waals surface area contributed by atoms with Crippen LogP contribution in [0.2, 0.25) is 0 Å². The molecule has 1 aliphatic rings. The molecule has 0 heterocycles. The van der Waals surface area contributed by atoms with Gasteiger partial charge in [-0.1, -0.05) is 42.5 Å². The van der Waals surface area contributed by atoms with Crippen molar-refractivity contribution < 1.29 is 9.53 Å². The van der Waals surface area contributed by atoms with Crippen molar-refractivity contribution in [3.63, 3.8) is 0 Å². The van der Waals surface area contributed by atoms with E-state index in [4.69, 9.17) is 10.5 Å². The molecular weight excluding hydrogens is 262 g/mol. The van der Waals surface area contributed by atoms with E-state index in [0.29, 0.717) is 18.9 Å². The molecular formula is C18H21NO2. The molecule has 0 saturated heterocycles. The Hall–Kier alpha value is -1.87. The smallest absolute Gasteiger partial charge is 0.313 e. The summed E-state index contributed by atoms with van der Waals surface area (Å²) >= 11 is 0. The minimum atomic E-state index is -0.571. The Morgan fingerprint density at radius 3 is 2.62 bits per heavy atom. The molecule has 0 amide bonds. The fraction of sp³-hybridized carbons (Fsp3) is 0.389. The van der Waals surface area contributed by atoms with Crippen molar-refractivity contribution in [2.24, 2.45) is 17.1 Å². The SMILES string of the molecule is COC(=O)C(CN)(Cc1cccc2ccccc12)C1CC1. The van der Waals surface area contributed by atoms with Gasteiger partial charge < -0.3 is 10.5 Å². The number of benzene rings is 2. The molecule has 2 aromatic rings. The van der Waals surface area contributed by atoms with Crippen molar-refractivity contribution >= 4 is 16.7 Å². The second kappa shape index (κ2) is 5.49. The highest BCUT2D eigenvalue weighted by molar-refractivity contribution is 5.87. The first-order valence-corrected chi connectivity index (χ1v) is 7.46. The molecule has 110 valence electrons. The topological polar surface area (TPSA) is 52.3 Å². The summed E-state index contributed by atoms with van der Waals surface area (Å²) in [5, 5.41) is 2.39. The van der Waals surface area contributed by atoms with Crippen LogP contribution in [0.4, 0.5) is 0 Å². The average Bonchev–Trinajstić information content (AvgIpc) is 3.37. The molecule has 0 bridgehead atoms. The third-order valence-electron chi connectivity index (χ3n) is 4.70. The van der Waals surface area contributed by atoms with Crippen LogP contribution >= 0.6 is 0 Å². The average molecular weight is 283 g/mol. The fourth-order valence-electron chi connectivity index (χ4n) is 3.33. The lowest BCUT2D eigenvalue weighted by atomic mass is 9.76. The molecule has 1 unspecified atom stereocenters. The second-order valence-corrected chi connectivity index (χ2v) is 5.94.